The number of rotatable bonds is 3. The van der Waals surface area contributed by atoms with Gasteiger partial charge in [0.05, 0.1) is 11.1 Å². The van der Waals surface area contributed by atoms with Crippen LogP contribution in [0.2, 0.25) is 0 Å². The van der Waals surface area contributed by atoms with E-state index in [0.717, 1.165) is 24.3 Å². The van der Waals surface area contributed by atoms with Crippen LogP contribution in [0.3, 0.4) is 0 Å². The third-order valence-corrected chi connectivity index (χ3v) is 3.62. The van der Waals surface area contributed by atoms with Crippen LogP contribution in [0, 0.1) is 0 Å². The fraction of sp³-hybridized carbons (Fsp3) is 0.188. The van der Waals surface area contributed by atoms with Crippen LogP contribution >= 0.6 is 15.9 Å². The molecule has 0 N–H and O–H groups in total. The molecular formula is C16H9BrF6O. The van der Waals surface area contributed by atoms with Gasteiger partial charge in [0.2, 0.25) is 0 Å². The number of carbonyl (C=O) groups excluding carboxylic acids is 1. The van der Waals surface area contributed by atoms with E-state index in [1.54, 1.807) is 0 Å². The average Bonchev–Trinajstić information content (AvgIpc) is 2.45. The standard InChI is InChI=1S/C16H9BrF6O/c17-13-7-10(6-12(8-13)16(21,22)23)14(24)5-9-2-1-3-11(4-9)15(18,19)20/h1-4,6-8H,5H2. The minimum atomic E-state index is -4.63. The summed E-state index contributed by atoms with van der Waals surface area (Å²) in [6.45, 7) is 0. The minimum absolute atomic E-state index is 0.0599. The Morgan fingerprint density at radius 1 is 0.875 bits per heavy atom. The molecule has 8 heteroatoms. The van der Waals surface area contributed by atoms with E-state index >= 15 is 0 Å². The van der Waals surface area contributed by atoms with Crippen molar-refractivity contribution >= 4 is 21.7 Å². The fourth-order valence-corrected chi connectivity index (χ4v) is 2.55. The Labute approximate surface area is 141 Å². The van der Waals surface area contributed by atoms with Gasteiger partial charge in [-0.25, -0.2) is 0 Å². The highest BCUT2D eigenvalue weighted by Gasteiger charge is 2.32. The minimum Gasteiger partial charge on any atom is -0.294 e. The van der Waals surface area contributed by atoms with Crippen molar-refractivity contribution in [3.8, 4) is 0 Å². The number of hydrogen-bond acceptors (Lipinski definition) is 1. The van der Waals surface area contributed by atoms with Crippen molar-refractivity contribution in [2.75, 3.05) is 0 Å². The van der Waals surface area contributed by atoms with Crippen LogP contribution in [0.5, 0.6) is 0 Å². The van der Waals surface area contributed by atoms with E-state index < -0.39 is 35.7 Å². The number of hydrogen-bond donors (Lipinski definition) is 0. The second-order valence-corrected chi connectivity index (χ2v) is 5.94. The molecule has 0 atom stereocenters. The van der Waals surface area contributed by atoms with Gasteiger partial charge in [0, 0.05) is 16.5 Å². The molecule has 0 heterocycles. The summed E-state index contributed by atoms with van der Waals surface area (Å²) in [4.78, 5) is 12.1. The van der Waals surface area contributed by atoms with E-state index in [0.29, 0.717) is 6.07 Å². The fourth-order valence-electron chi connectivity index (χ4n) is 2.06. The summed E-state index contributed by atoms with van der Waals surface area (Å²) < 4.78 is 76.3. The van der Waals surface area contributed by atoms with Gasteiger partial charge in [-0.05, 0) is 29.8 Å². The monoisotopic (exact) mass is 410 g/mol. The van der Waals surface area contributed by atoms with Gasteiger partial charge in [0.25, 0.3) is 0 Å². The number of Topliss-reactive ketones (excluding diaryl/α,β-unsaturated/α-hetero) is 1. The summed E-state index contributed by atoms with van der Waals surface area (Å²) in [6, 6.07) is 6.83. The Morgan fingerprint density at radius 2 is 1.50 bits per heavy atom. The predicted octanol–water partition coefficient (Wildman–Crippen LogP) is 5.91. The van der Waals surface area contributed by atoms with Crippen LogP contribution in [0.25, 0.3) is 0 Å². The van der Waals surface area contributed by atoms with E-state index in [-0.39, 0.29) is 15.6 Å². The molecule has 0 spiro atoms. The number of benzene rings is 2. The first kappa shape index (κ1) is 18.5. The van der Waals surface area contributed by atoms with Gasteiger partial charge in [0.1, 0.15) is 0 Å². The van der Waals surface area contributed by atoms with Crippen LogP contribution < -0.4 is 0 Å². The topological polar surface area (TPSA) is 17.1 Å². The van der Waals surface area contributed by atoms with Gasteiger partial charge in [-0.3, -0.25) is 4.79 Å². The second kappa shape index (κ2) is 6.58. The van der Waals surface area contributed by atoms with Crippen LogP contribution in [0.4, 0.5) is 26.3 Å². The molecule has 0 radical (unpaired) electrons. The molecule has 0 aromatic heterocycles. The summed E-state index contributed by atoms with van der Waals surface area (Å²) in [6.07, 6.45) is -9.62. The number of alkyl halides is 6. The maximum absolute atomic E-state index is 12.8. The van der Waals surface area contributed by atoms with Crippen molar-refractivity contribution in [3.05, 3.63) is 69.2 Å². The summed E-state index contributed by atoms with van der Waals surface area (Å²) in [5.74, 6) is -0.707. The molecule has 0 aliphatic heterocycles. The summed E-state index contributed by atoms with van der Waals surface area (Å²) in [7, 11) is 0. The number of halogens is 7. The zero-order valence-corrected chi connectivity index (χ0v) is 13.4. The highest BCUT2D eigenvalue weighted by Crippen LogP contribution is 2.33. The lowest BCUT2D eigenvalue weighted by atomic mass is 10.00. The van der Waals surface area contributed by atoms with Crippen molar-refractivity contribution < 1.29 is 31.1 Å². The Bertz CT molecular complexity index is 764. The van der Waals surface area contributed by atoms with E-state index in [9.17, 15) is 31.1 Å². The third-order valence-electron chi connectivity index (χ3n) is 3.17. The molecule has 1 nitrogen and oxygen atoms in total. The van der Waals surface area contributed by atoms with Crippen LogP contribution in [0.15, 0.2) is 46.9 Å². The molecule has 0 aliphatic rings. The highest BCUT2D eigenvalue weighted by atomic mass is 79.9. The van der Waals surface area contributed by atoms with Crippen molar-refractivity contribution in [1.82, 2.24) is 0 Å². The van der Waals surface area contributed by atoms with Crippen molar-refractivity contribution in [2.45, 2.75) is 18.8 Å². The van der Waals surface area contributed by atoms with Crippen molar-refractivity contribution in [1.29, 1.82) is 0 Å². The Hall–Kier alpha value is -1.83. The number of carbonyl (C=O) groups is 1. The zero-order chi connectivity index (χ0) is 18.1. The quantitative estimate of drug-likeness (QED) is 0.453. The molecule has 2 aromatic rings. The number of ketones is 1. The highest BCUT2D eigenvalue weighted by molar-refractivity contribution is 9.10. The summed E-state index contributed by atoms with van der Waals surface area (Å²) in [5, 5.41) is 0. The summed E-state index contributed by atoms with van der Waals surface area (Å²) >= 11 is 2.90. The molecule has 2 aromatic carbocycles. The molecule has 0 bridgehead atoms. The lowest BCUT2D eigenvalue weighted by Crippen LogP contribution is -2.10. The Morgan fingerprint density at radius 3 is 2.08 bits per heavy atom. The average molecular weight is 411 g/mol. The normalized spacial score (nSPS) is 12.3. The third kappa shape index (κ3) is 4.59. The Kier molecular flexibility index (Phi) is 5.08. The molecule has 2 rings (SSSR count). The van der Waals surface area contributed by atoms with Gasteiger partial charge in [-0.1, -0.05) is 34.1 Å². The molecule has 0 saturated heterocycles. The first-order valence-corrected chi connectivity index (χ1v) is 7.33. The maximum atomic E-state index is 12.8. The lowest BCUT2D eigenvalue weighted by molar-refractivity contribution is -0.138. The predicted molar refractivity (Wildman–Crippen MR) is 78.6 cm³/mol. The molecular weight excluding hydrogens is 402 g/mol. The lowest BCUT2D eigenvalue weighted by Gasteiger charge is -2.11. The zero-order valence-electron chi connectivity index (χ0n) is 11.8. The smallest absolute Gasteiger partial charge is 0.294 e. The SMILES string of the molecule is O=C(Cc1cccc(C(F)(F)F)c1)c1cc(Br)cc(C(F)(F)F)c1. The van der Waals surface area contributed by atoms with Gasteiger partial charge >= 0.3 is 12.4 Å². The van der Waals surface area contributed by atoms with Crippen LogP contribution in [-0.4, -0.2) is 5.78 Å². The molecule has 0 fully saturated rings. The van der Waals surface area contributed by atoms with Crippen LogP contribution in [0.1, 0.15) is 27.0 Å². The first-order valence-electron chi connectivity index (χ1n) is 6.54. The van der Waals surface area contributed by atoms with Gasteiger partial charge in [-0.2, -0.15) is 26.3 Å². The van der Waals surface area contributed by atoms with E-state index in [2.05, 4.69) is 15.9 Å². The summed E-state index contributed by atoms with van der Waals surface area (Å²) in [5.41, 5.74) is -2.08. The molecule has 0 saturated carbocycles. The first-order chi connectivity index (χ1) is 11.0. The second-order valence-electron chi connectivity index (χ2n) is 5.02. The van der Waals surface area contributed by atoms with Crippen molar-refractivity contribution in [3.63, 3.8) is 0 Å². The van der Waals surface area contributed by atoms with E-state index in [1.165, 1.54) is 12.1 Å². The molecule has 0 aliphatic carbocycles. The van der Waals surface area contributed by atoms with Gasteiger partial charge < -0.3 is 0 Å². The van der Waals surface area contributed by atoms with Gasteiger partial charge in [-0.15, -0.1) is 0 Å². The van der Waals surface area contributed by atoms with Crippen molar-refractivity contribution in [2.24, 2.45) is 0 Å². The van der Waals surface area contributed by atoms with Gasteiger partial charge in [0.15, 0.2) is 5.78 Å². The molecule has 128 valence electrons. The molecule has 0 unspecified atom stereocenters. The Balaban J connectivity index is 2.29. The van der Waals surface area contributed by atoms with Crippen LogP contribution in [-0.2, 0) is 18.8 Å². The maximum Gasteiger partial charge on any atom is 0.416 e. The van der Waals surface area contributed by atoms with E-state index in [4.69, 9.17) is 0 Å². The molecule has 0 amide bonds. The largest absolute Gasteiger partial charge is 0.416 e. The molecule has 24 heavy (non-hydrogen) atoms. The van der Waals surface area contributed by atoms with E-state index in [1.807, 2.05) is 0 Å².